The molecule has 0 spiro atoms. The molecule has 0 aliphatic rings. The van der Waals surface area contributed by atoms with E-state index in [1.165, 1.54) is 5.56 Å². The summed E-state index contributed by atoms with van der Waals surface area (Å²) >= 11 is 0. The fourth-order valence-corrected chi connectivity index (χ4v) is 1.54. The zero-order chi connectivity index (χ0) is 11.1. The first kappa shape index (κ1) is 13.7. The average molecular weight is 253 g/mol. The van der Waals surface area contributed by atoms with Gasteiger partial charge in [-0.3, -0.25) is 4.98 Å². The zero-order valence-electron chi connectivity index (χ0n) is 9.62. The first-order valence-corrected chi connectivity index (χ1v) is 5.50. The Morgan fingerprint density at radius 1 is 1.12 bits per heavy atom. The van der Waals surface area contributed by atoms with Gasteiger partial charge in [0, 0.05) is 37.9 Å². The van der Waals surface area contributed by atoms with Gasteiger partial charge in [-0.25, -0.2) is 4.98 Å². The SMILES string of the molecule is Cl.c1cc(CNCCCn2ccnc2)ccn1. The zero-order valence-corrected chi connectivity index (χ0v) is 10.4. The molecule has 0 saturated carbocycles. The van der Waals surface area contributed by atoms with E-state index in [2.05, 4.69) is 19.9 Å². The van der Waals surface area contributed by atoms with Crippen molar-refractivity contribution in [3.05, 3.63) is 48.8 Å². The van der Waals surface area contributed by atoms with E-state index in [0.29, 0.717) is 0 Å². The number of aromatic nitrogens is 3. The van der Waals surface area contributed by atoms with Crippen molar-refractivity contribution >= 4 is 12.4 Å². The topological polar surface area (TPSA) is 42.7 Å². The second kappa shape index (κ2) is 7.81. The van der Waals surface area contributed by atoms with Crippen molar-refractivity contribution in [2.45, 2.75) is 19.5 Å². The van der Waals surface area contributed by atoms with Gasteiger partial charge in [0.15, 0.2) is 0 Å². The van der Waals surface area contributed by atoms with E-state index in [0.717, 1.165) is 26.1 Å². The van der Waals surface area contributed by atoms with Crippen molar-refractivity contribution < 1.29 is 0 Å². The van der Waals surface area contributed by atoms with Crippen LogP contribution in [0, 0.1) is 0 Å². The van der Waals surface area contributed by atoms with E-state index in [1.54, 1.807) is 0 Å². The maximum Gasteiger partial charge on any atom is 0.0945 e. The Balaban J connectivity index is 0.00000144. The van der Waals surface area contributed by atoms with Gasteiger partial charge in [0.05, 0.1) is 6.33 Å². The largest absolute Gasteiger partial charge is 0.337 e. The fraction of sp³-hybridized carbons (Fsp3) is 0.333. The van der Waals surface area contributed by atoms with Crippen LogP contribution in [0.15, 0.2) is 43.2 Å². The van der Waals surface area contributed by atoms with Crippen molar-refractivity contribution in [3.63, 3.8) is 0 Å². The molecule has 0 bridgehead atoms. The molecule has 0 aromatic carbocycles. The highest BCUT2D eigenvalue weighted by atomic mass is 35.5. The maximum atomic E-state index is 4.00. The Labute approximate surface area is 108 Å². The summed E-state index contributed by atoms with van der Waals surface area (Å²) < 4.78 is 2.09. The van der Waals surface area contributed by atoms with Gasteiger partial charge in [-0.05, 0) is 30.7 Å². The molecule has 0 radical (unpaired) electrons. The van der Waals surface area contributed by atoms with E-state index in [1.807, 2.05) is 43.2 Å². The lowest BCUT2D eigenvalue weighted by Crippen LogP contribution is -2.16. The molecular weight excluding hydrogens is 236 g/mol. The standard InChI is InChI=1S/C12H16N4.ClH/c1(8-16-9-7-15-11-16)4-14-10-12-2-5-13-6-3-12;/h2-3,5-7,9,11,14H,1,4,8,10H2;1H. The summed E-state index contributed by atoms with van der Waals surface area (Å²) in [7, 11) is 0. The van der Waals surface area contributed by atoms with Gasteiger partial charge in [-0.1, -0.05) is 0 Å². The van der Waals surface area contributed by atoms with Crippen molar-refractivity contribution in [1.29, 1.82) is 0 Å². The quantitative estimate of drug-likeness (QED) is 0.799. The molecule has 0 unspecified atom stereocenters. The Hall–Kier alpha value is -1.39. The number of hydrogen-bond donors (Lipinski definition) is 1. The molecule has 2 aromatic rings. The minimum Gasteiger partial charge on any atom is -0.337 e. The number of pyridine rings is 1. The summed E-state index contributed by atoms with van der Waals surface area (Å²) in [5.41, 5.74) is 1.28. The number of imidazole rings is 1. The van der Waals surface area contributed by atoms with Gasteiger partial charge in [0.1, 0.15) is 0 Å². The molecule has 92 valence electrons. The van der Waals surface area contributed by atoms with Crippen molar-refractivity contribution in [2.75, 3.05) is 6.54 Å². The predicted octanol–water partition coefficient (Wildman–Crippen LogP) is 1.88. The lowest BCUT2D eigenvalue weighted by atomic mass is 10.2. The molecule has 2 rings (SSSR count). The van der Waals surface area contributed by atoms with Crippen LogP contribution in [-0.4, -0.2) is 21.1 Å². The summed E-state index contributed by atoms with van der Waals surface area (Å²) in [6.07, 6.45) is 10.4. The first-order chi connectivity index (χ1) is 7.95. The fourth-order valence-electron chi connectivity index (χ4n) is 1.54. The molecule has 17 heavy (non-hydrogen) atoms. The van der Waals surface area contributed by atoms with Crippen LogP contribution in [0.4, 0.5) is 0 Å². The number of rotatable bonds is 6. The molecule has 4 nitrogen and oxygen atoms in total. The lowest BCUT2D eigenvalue weighted by molar-refractivity contribution is 0.580. The minimum absolute atomic E-state index is 0. The Bertz CT molecular complexity index is 388. The van der Waals surface area contributed by atoms with Crippen LogP contribution in [0.25, 0.3) is 0 Å². The molecule has 0 amide bonds. The van der Waals surface area contributed by atoms with Crippen LogP contribution in [0.5, 0.6) is 0 Å². The van der Waals surface area contributed by atoms with Crippen LogP contribution < -0.4 is 5.32 Å². The summed E-state index contributed by atoms with van der Waals surface area (Å²) in [6.45, 7) is 2.94. The first-order valence-electron chi connectivity index (χ1n) is 5.50. The highest BCUT2D eigenvalue weighted by Crippen LogP contribution is 1.95. The van der Waals surface area contributed by atoms with Crippen LogP contribution in [0.3, 0.4) is 0 Å². The van der Waals surface area contributed by atoms with Crippen LogP contribution in [-0.2, 0) is 13.1 Å². The van der Waals surface area contributed by atoms with E-state index in [9.17, 15) is 0 Å². The third-order valence-corrected chi connectivity index (χ3v) is 2.41. The molecule has 1 N–H and O–H groups in total. The smallest absolute Gasteiger partial charge is 0.0945 e. The number of nitrogens with zero attached hydrogens (tertiary/aromatic N) is 3. The predicted molar refractivity (Wildman–Crippen MR) is 70.0 cm³/mol. The normalized spacial score (nSPS) is 9.88. The van der Waals surface area contributed by atoms with E-state index < -0.39 is 0 Å². The average Bonchev–Trinajstić information content (AvgIpc) is 2.83. The van der Waals surface area contributed by atoms with E-state index in [4.69, 9.17) is 0 Å². The van der Waals surface area contributed by atoms with Gasteiger partial charge < -0.3 is 9.88 Å². The van der Waals surface area contributed by atoms with E-state index in [-0.39, 0.29) is 12.4 Å². The van der Waals surface area contributed by atoms with Crippen LogP contribution in [0.1, 0.15) is 12.0 Å². The summed E-state index contributed by atoms with van der Waals surface area (Å²) in [5, 5.41) is 3.40. The van der Waals surface area contributed by atoms with Crippen molar-refractivity contribution in [1.82, 2.24) is 19.9 Å². The summed E-state index contributed by atoms with van der Waals surface area (Å²) in [4.78, 5) is 7.99. The lowest BCUT2D eigenvalue weighted by Gasteiger charge is -2.05. The van der Waals surface area contributed by atoms with Gasteiger partial charge >= 0.3 is 0 Å². The molecule has 0 aliphatic heterocycles. The summed E-state index contributed by atoms with van der Waals surface area (Å²) in [5.74, 6) is 0. The number of aryl methyl sites for hydroxylation is 1. The molecule has 5 heteroatoms. The van der Waals surface area contributed by atoms with Gasteiger partial charge in [-0.15, -0.1) is 12.4 Å². The van der Waals surface area contributed by atoms with Gasteiger partial charge in [0.2, 0.25) is 0 Å². The third kappa shape index (κ3) is 4.97. The second-order valence-corrected chi connectivity index (χ2v) is 3.69. The van der Waals surface area contributed by atoms with Gasteiger partial charge in [-0.2, -0.15) is 0 Å². The molecule has 0 saturated heterocycles. The monoisotopic (exact) mass is 252 g/mol. The van der Waals surface area contributed by atoms with Crippen molar-refractivity contribution in [2.24, 2.45) is 0 Å². The molecule has 2 heterocycles. The third-order valence-electron chi connectivity index (χ3n) is 2.41. The minimum atomic E-state index is 0. The number of halogens is 1. The Morgan fingerprint density at radius 2 is 1.94 bits per heavy atom. The van der Waals surface area contributed by atoms with Crippen LogP contribution >= 0.6 is 12.4 Å². The Morgan fingerprint density at radius 3 is 2.65 bits per heavy atom. The highest BCUT2D eigenvalue weighted by molar-refractivity contribution is 5.85. The van der Waals surface area contributed by atoms with Crippen LogP contribution in [0.2, 0.25) is 0 Å². The highest BCUT2D eigenvalue weighted by Gasteiger charge is 1.92. The molecule has 0 atom stereocenters. The molecular formula is C12H17ClN4. The molecule has 2 aromatic heterocycles. The second-order valence-electron chi connectivity index (χ2n) is 3.69. The van der Waals surface area contributed by atoms with Gasteiger partial charge in [0.25, 0.3) is 0 Å². The summed E-state index contributed by atoms with van der Waals surface area (Å²) in [6, 6.07) is 4.06. The number of nitrogens with one attached hydrogen (secondary N) is 1. The van der Waals surface area contributed by atoms with Crippen molar-refractivity contribution in [3.8, 4) is 0 Å². The molecule has 0 fully saturated rings. The van der Waals surface area contributed by atoms with E-state index >= 15 is 0 Å². The Kier molecular flexibility index (Phi) is 6.29. The maximum absolute atomic E-state index is 4.00. The number of hydrogen-bond acceptors (Lipinski definition) is 3. The molecule has 0 aliphatic carbocycles.